The fraction of sp³-hybridized carbons (Fsp3) is 0.250. The summed E-state index contributed by atoms with van der Waals surface area (Å²) in [6.45, 7) is 0. The molecule has 1 aromatic heterocycles. The third kappa shape index (κ3) is 2.37. The largest absolute Gasteiger partial charge is 0.464 e. The smallest absolute Gasteiger partial charge is 0.356 e. The Bertz CT molecular complexity index is 357. The molecule has 14 heavy (non-hydrogen) atoms. The number of pyridine rings is 1. The van der Waals surface area contributed by atoms with Gasteiger partial charge in [-0.25, -0.2) is 18.6 Å². The van der Waals surface area contributed by atoms with Crippen molar-refractivity contribution >= 4 is 28.6 Å². The molecule has 1 rings (SSSR count). The molecular weight excluding hydrogens is 307 g/mol. The highest BCUT2D eigenvalue weighted by Gasteiger charge is 2.16. The van der Waals surface area contributed by atoms with Gasteiger partial charge >= 0.3 is 5.97 Å². The van der Waals surface area contributed by atoms with Gasteiger partial charge in [-0.1, -0.05) is 0 Å². The monoisotopic (exact) mass is 313 g/mol. The summed E-state index contributed by atoms with van der Waals surface area (Å²) < 4.78 is 29.4. The van der Waals surface area contributed by atoms with E-state index in [-0.39, 0.29) is 5.69 Å². The molecule has 0 unspecified atom stereocenters. The third-order valence-electron chi connectivity index (χ3n) is 1.47. The number of hydrogen-bond acceptors (Lipinski definition) is 3. The first-order valence-electron chi connectivity index (χ1n) is 3.59. The van der Waals surface area contributed by atoms with Crippen molar-refractivity contribution < 1.29 is 18.3 Å². The van der Waals surface area contributed by atoms with Gasteiger partial charge in [0.05, 0.1) is 7.11 Å². The molecule has 6 heteroatoms. The number of esters is 1. The van der Waals surface area contributed by atoms with Crippen molar-refractivity contribution in [1.82, 2.24) is 4.98 Å². The van der Waals surface area contributed by atoms with Crippen LogP contribution in [0.1, 0.15) is 22.6 Å². The maximum absolute atomic E-state index is 12.4. The van der Waals surface area contributed by atoms with Gasteiger partial charge in [-0.15, -0.1) is 0 Å². The second-order valence-electron chi connectivity index (χ2n) is 2.36. The summed E-state index contributed by atoms with van der Waals surface area (Å²) in [7, 11) is 1.17. The minimum absolute atomic E-state index is 0.108. The molecule has 0 amide bonds. The maximum Gasteiger partial charge on any atom is 0.356 e. The van der Waals surface area contributed by atoms with Crippen LogP contribution in [0.2, 0.25) is 0 Å². The van der Waals surface area contributed by atoms with E-state index in [0.29, 0.717) is 3.57 Å². The summed E-state index contributed by atoms with van der Waals surface area (Å²) >= 11 is 1.73. The summed E-state index contributed by atoms with van der Waals surface area (Å²) in [5, 5.41) is 0. The molecule has 0 radical (unpaired) electrons. The average molecular weight is 313 g/mol. The highest BCUT2D eigenvalue weighted by atomic mass is 127. The molecule has 0 N–H and O–H groups in total. The first kappa shape index (κ1) is 11.3. The Hall–Kier alpha value is -0.790. The molecule has 76 valence electrons. The molecule has 0 aliphatic heterocycles. The van der Waals surface area contributed by atoms with Crippen LogP contribution in [0.25, 0.3) is 0 Å². The van der Waals surface area contributed by atoms with Crippen LogP contribution in [-0.2, 0) is 4.74 Å². The molecule has 0 aliphatic carbocycles. The number of methoxy groups -OCH3 is 1. The van der Waals surface area contributed by atoms with Gasteiger partial charge in [0.1, 0.15) is 11.4 Å². The third-order valence-corrected chi connectivity index (χ3v) is 2.39. The van der Waals surface area contributed by atoms with Crippen LogP contribution in [-0.4, -0.2) is 18.1 Å². The standard InChI is InChI=1S/C8H6F2INO2/c1-14-8(13)5-3-2-4(11)6(12-5)7(9)10/h2-3,7H,1H3. The van der Waals surface area contributed by atoms with Crippen LogP contribution in [0.5, 0.6) is 0 Å². The summed E-state index contributed by atoms with van der Waals surface area (Å²) in [6.07, 6.45) is -2.69. The van der Waals surface area contributed by atoms with Crippen molar-refractivity contribution in [3.8, 4) is 0 Å². The van der Waals surface area contributed by atoms with Crippen molar-refractivity contribution in [2.45, 2.75) is 6.43 Å². The Morgan fingerprint density at radius 1 is 1.57 bits per heavy atom. The van der Waals surface area contributed by atoms with Gasteiger partial charge < -0.3 is 4.74 Å². The van der Waals surface area contributed by atoms with Crippen molar-refractivity contribution in [2.24, 2.45) is 0 Å². The zero-order valence-corrected chi connectivity index (χ0v) is 9.29. The molecule has 0 bridgehead atoms. The van der Waals surface area contributed by atoms with Crippen LogP contribution in [0.15, 0.2) is 12.1 Å². The Labute approximate surface area is 92.6 Å². The highest BCUT2D eigenvalue weighted by Crippen LogP contribution is 2.22. The molecule has 0 aromatic carbocycles. The number of nitrogens with zero attached hydrogens (tertiary/aromatic N) is 1. The number of alkyl halides is 2. The lowest BCUT2D eigenvalue weighted by atomic mass is 10.3. The Balaban J connectivity index is 3.13. The van der Waals surface area contributed by atoms with Crippen LogP contribution < -0.4 is 0 Å². The van der Waals surface area contributed by atoms with E-state index in [9.17, 15) is 13.6 Å². The van der Waals surface area contributed by atoms with E-state index in [1.165, 1.54) is 19.2 Å². The SMILES string of the molecule is COC(=O)c1ccc(I)c(C(F)F)n1. The predicted octanol–water partition coefficient (Wildman–Crippen LogP) is 2.41. The second kappa shape index (κ2) is 4.63. The first-order chi connectivity index (χ1) is 6.56. The number of aromatic nitrogens is 1. The van der Waals surface area contributed by atoms with Crippen LogP contribution >= 0.6 is 22.6 Å². The van der Waals surface area contributed by atoms with E-state index in [0.717, 1.165) is 0 Å². The average Bonchev–Trinajstić information content (AvgIpc) is 2.17. The zero-order valence-electron chi connectivity index (χ0n) is 7.13. The van der Waals surface area contributed by atoms with Crippen LogP contribution in [0, 0.1) is 3.57 Å². The van der Waals surface area contributed by atoms with Crippen molar-refractivity contribution in [2.75, 3.05) is 7.11 Å². The molecule has 1 aromatic rings. The lowest BCUT2D eigenvalue weighted by Gasteiger charge is -2.04. The van der Waals surface area contributed by atoms with E-state index in [1.807, 2.05) is 0 Å². The minimum Gasteiger partial charge on any atom is -0.464 e. The lowest BCUT2D eigenvalue weighted by Crippen LogP contribution is -2.07. The number of ether oxygens (including phenoxy) is 1. The molecule has 0 atom stereocenters. The number of carbonyl (C=O) groups excluding carboxylic acids is 1. The molecule has 0 spiro atoms. The summed E-state index contributed by atoms with van der Waals surface area (Å²) in [5.41, 5.74) is -0.503. The van der Waals surface area contributed by atoms with Gasteiger partial charge in [0.2, 0.25) is 0 Å². The van der Waals surface area contributed by atoms with Crippen LogP contribution in [0.4, 0.5) is 8.78 Å². The Morgan fingerprint density at radius 2 is 2.21 bits per heavy atom. The molecular formula is C8H6F2INO2. The molecule has 3 nitrogen and oxygen atoms in total. The summed E-state index contributed by atoms with van der Waals surface area (Å²) in [5.74, 6) is -0.719. The molecule has 0 aliphatic rings. The van der Waals surface area contributed by atoms with Gasteiger partial charge in [-0.3, -0.25) is 0 Å². The lowest BCUT2D eigenvalue weighted by molar-refractivity contribution is 0.0592. The normalized spacial score (nSPS) is 10.4. The fourth-order valence-corrected chi connectivity index (χ4v) is 1.37. The topological polar surface area (TPSA) is 39.2 Å². The number of rotatable bonds is 2. The molecule has 0 saturated heterocycles. The van der Waals surface area contributed by atoms with Crippen molar-refractivity contribution in [3.63, 3.8) is 0 Å². The fourth-order valence-electron chi connectivity index (χ4n) is 0.829. The summed E-state index contributed by atoms with van der Waals surface area (Å²) in [6, 6.07) is 2.75. The second-order valence-corrected chi connectivity index (χ2v) is 3.52. The molecule has 0 fully saturated rings. The van der Waals surface area contributed by atoms with Gasteiger partial charge in [0.15, 0.2) is 0 Å². The minimum atomic E-state index is -2.69. The molecule has 1 heterocycles. The van der Waals surface area contributed by atoms with Gasteiger partial charge in [0.25, 0.3) is 6.43 Å². The quantitative estimate of drug-likeness (QED) is 0.622. The van der Waals surface area contributed by atoms with E-state index >= 15 is 0 Å². The first-order valence-corrected chi connectivity index (χ1v) is 4.67. The maximum atomic E-state index is 12.4. The van der Waals surface area contributed by atoms with Crippen molar-refractivity contribution in [3.05, 3.63) is 27.1 Å². The molecule has 0 saturated carbocycles. The Morgan fingerprint density at radius 3 is 2.71 bits per heavy atom. The summed E-state index contributed by atoms with van der Waals surface area (Å²) in [4.78, 5) is 14.5. The number of hydrogen-bond donors (Lipinski definition) is 0. The van der Waals surface area contributed by atoms with Gasteiger partial charge in [-0.05, 0) is 34.7 Å². The van der Waals surface area contributed by atoms with Gasteiger partial charge in [-0.2, -0.15) is 0 Å². The van der Waals surface area contributed by atoms with Crippen LogP contribution in [0.3, 0.4) is 0 Å². The van der Waals surface area contributed by atoms with E-state index in [2.05, 4.69) is 9.72 Å². The number of carbonyl (C=O) groups is 1. The van der Waals surface area contributed by atoms with Crippen molar-refractivity contribution in [1.29, 1.82) is 0 Å². The highest BCUT2D eigenvalue weighted by molar-refractivity contribution is 14.1. The number of halogens is 3. The Kier molecular flexibility index (Phi) is 3.73. The zero-order chi connectivity index (χ0) is 10.7. The van der Waals surface area contributed by atoms with E-state index < -0.39 is 18.1 Å². The predicted molar refractivity (Wildman–Crippen MR) is 53.3 cm³/mol. The van der Waals surface area contributed by atoms with Gasteiger partial charge in [0, 0.05) is 3.57 Å². The van der Waals surface area contributed by atoms with E-state index in [4.69, 9.17) is 0 Å². The van der Waals surface area contributed by atoms with E-state index in [1.54, 1.807) is 22.6 Å².